The van der Waals surface area contributed by atoms with Crippen molar-refractivity contribution in [2.75, 3.05) is 19.9 Å². The third kappa shape index (κ3) is 1.70. The molecular formula is C7H12NO2PS. The van der Waals surface area contributed by atoms with Gasteiger partial charge in [0.1, 0.15) is 0 Å². The second-order valence-corrected chi connectivity index (χ2v) is 7.29. The zero-order chi connectivity index (χ0) is 9.19. The highest BCUT2D eigenvalue weighted by atomic mass is 32.7. The van der Waals surface area contributed by atoms with E-state index in [0.29, 0.717) is 0 Å². The third-order valence-corrected chi connectivity index (χ3v) is 6.91. The molecule has 0 aromatic carbocycles. The highest BCUT2D eigenvalue weighted by Crippen LogP contribution is 2.64. The van der Waals surface area contributed by atoms with E-state index >= 15 is 0 Å². The standard InChI is InChI=1S/C7H12NO2PS/c1-4-7-5-6-12-11(9,10-3)8(7)2/h1,7H,5-6H2,2-3H3. The van der Waals surface area contributed by atoms with Crippen LogP contribution in [-0.4, -0.2) is 30.6 Å². The molecule has 12 heavy (non-hydrogen) atoms. The molecule has 1 fully saturated rings. The van der Waals surface area contributed by atoms with Gasteiger partial charge in [0.05, 0.1) is 6.04 Å². The van der Waals surface area contributed by atoms with Gasteiger partial charge in [-0.1, -0.05) is 17.3 Å². The lowest BCUT2D eigenvalue weighted by Gasteiger charge is -2.34. The molecule has 1 aliphatic heterocycles. The molecule has 0 saturated carbocycles. The maximum Gasteiger partial charge on any atom is 0.329 e. The Kier molecular flexibility index (Phi) is 3.25. The summed E-state index contributed by atoms with van der Waals surface area (Å²) < 4.78 is 18.5. The summed E-state index contributed by atoms with van der Waals surface area (Å²) in [6.07, 6.45) is 6.17. The summed E-state index contributed by atoms with van der Waals surface area (Å²) in [5, 5.41) is 0. The molecule has 0 aliphatic carbocycles. The largest absolute Gasteiger partial charge is 0.329 e. The minimum atomic E-state index is -2.65. The Labute approximate surface area is 77.1 Å². The van der Waals surface area contributed by atoms with E-state index in [2.05, 4.69) is 5.92 Å². The van der Waals surface area contributed by atoms with Gasteiger partial charge in [0.25, 0.3) is 0 Å². The van der Waals surface area contributed by atoms with Gasteiger partial charge in [-0.15, -0.1) is 6.42 Å². The van der Waals surface area contributed by atoms with Crippen molar-refractivity contribution in [1.29, 1.82) is 0 Å². The van der Waals surface area contributed by atoms with Gasteiger partial charge in [-0.05, 0) is 13.5 Å². The van der Waals surface area contributed by atoms with Crippen molar-refractivity contribution < 1.29 is 9.09 Å². The molecule has 1 aliphatic rings. The van der Waals surface area contributed by atoms with E-state index < -0.39 is 6.72 Å². The van der Waals surface area contributed by atoms with Gasteiger partial charge in [-0.3, -0.25) is 4.57 Å². The Morgan fingerprint density at radius 2 is 2.50 bits per heavy atom. The van der Waals surface area contributed by atoms with Crippen LogP contribution in [0.2, 0.25) is 0 Å². The second kappa shape index (κ2) is 3.85. The van der Waals surface area contributed by atoms with Gasteiger partial charge in [-0.2, -0.15) is 0 Å². The van der Waals surface area contributed by atoms with E-state index in [1.54, 1.807) is 11.7 Å². The first-order valence-electron chi connectivity index (χ1n) is 3.64. The maximum absolute atomic E-state index is 11.9. The Morgan fingerprint density at radius 3 is 3.00 bits per heavy atom. The summed E-state index contributed by atoms with van der Waals surface area (Å²) in [6, 6.07) is -0.0444. The van der Waals surface area contributed by atoms with Gasteiger partial charge >= 0.3 is 6.72 Å². The lowest BCUT2D eigenvalue weighted by molar-refractivity contribution is 0.321. The third-order valence-electron chi connectivity index (χ3n) is 1.91. The molecule has 1 saturated heterocycles. The summed E-state index contributed by atoms with van der Waals surface area (Å²) in [7, 11) is 3.21. The fraction of sp³-hybridized carbons (Fsp3) is 0.714. The molecule has 2 atom stereocenters. The van der Waals surface area contributed by atoms with Crippen molar-refractivity contribution in [3.8, 4) is 12.3 Å². The number of hydrogen-bond acceptors (Lipinski definition) is 3. The molecule has 2 unspecified atom stereocenters. The fourth-order valence-corrected chi connectivity index (χ4v) is 4.94. The predicted octanol–water partition coefficient (Wildman–Crippen LogP) is 1.81. The minimum absolute atomic E-state index is 0.0444. The Hall–Kier alpha value is 0.0600. The summed E-state index contributed by atoms with van der Waals surface area (Å²) in [5.74, 6) is 3.41. The summed E-state index contributed by atoms with van der Waals surface area (Å²) in [6.45, 7) is -2.65. The van der Waals surface area contributed by atoms with E-state index in [9.17, 15) is 4.57 Å². The maximum atomic E-state index is 11.9. The summed E-state index contributed by atoms with van der Waals surface area (Å²) in [4.78, 5) is 0. The molecule has 0 spiro atoms. The molecule has 1 rings (SSSR count). The fourth-order valence-electron chi connectivity index (χ4n) is 1.10. The average molecular weight is 205 g/mol. The van der Waals surface area contributed by atoms with Crippen molar-refractivity contribution >= 4 is 18.1 Å². The zero-order valence-electron chi connectivity index (χ0n) is 7.19. The van der Waals surface area contributed by atoms with E-state index in [4.69, 9.17) is 10.9 Å². The molecular weight excluding hydrogens is 193 g/mol. The van der Waals surface area contributed by atoms with Gasteiger partial charge in [0, 0.05) is 12.9 Å². The van der Waals surface area contributed by atoms with Crippen molar-refractivity contribution in [2.24, 2.45) is 0 Å². The topological polar surface area (TPSA) is 29.5 Å². The second-order valence-electron chi connectivity index (χ2n) is 2.53. The van der Waals surface area contributed by atoms with Gasteiger partial charge in [0.15, 0.2) is 0 Å². The highest BCUT2D eigenvalue weighted by Gasteiger charge is 2.37. The number of terminal acetylenes is 1. The molecule has 68 valence electrons. The summed E-state index contributed by atoms with van der Waals surface area (Å²) in [5.41, 5.74) is 0. The summed E-state index contributed by atoms with van der Waals surface area (Å²) >= 11 is 1.36. The Bertz CT molecular complexity index is 250. The molecule has 0 bridgehead atoms. The number of hydrogen-bond donors (Lipinski definition) is 0. The molecule has 0 N–H and O–H groups in total. The van der Waals surface area contributed by atoms with E-state index in [1.807, 2.05) is 0 Å². The molecule has 0 amide bonds. The normalized spacial score (nSPS) is 37.6. The van der Waals surface area contributed by atoms with Gasteiger partial charge in [0.2, 0.25) is 0 Å². The van der Waals surface area contributed by atoms with E-state index in [0.717, 1.165) is 12.2 Å². The van der Waals surface area contributed by atoms with Crippen LogP contribution < -0.4 is 0 Å². The molecule has 1 heterocycles. The van der Waals surface area contributed by atoms with Gasteiger partial charge in [-0.25, -0.2) is 4.67 Å². The predicted molar refractivity (Wildman–Crippen MR) is 52.1 cm³/mol. The van der Waals surface area contributed by atoms with Crippen molar-refractivity contribution in [2.45, 2.75) is 12.5 Å². The lowest BCUT2D eigenvalue weighted by Crippen LogP contribution is -2.31. The zero-order valence-corrected chi connectivity index (χ0v) is 8.90. The van der Waals surface area contributed by atoms with Crippen LogP contribution in [0.4, 0.5) is 0 Å². The van der Waals surface area contributed by atoms with Crippen LogP contribution in [0.5, 0.6) is 0 Å². The van der Waals surface area contributed by atoms with Crippen LogP contribution >= 0.6 is 18.1 Å². The number of rotatable bonds is 1. The first kappa shape index (κ1) is 10.1. The molecule has 5 heteroatoms. The average Bonchev–Trinajstić information content (AvgIpc) is 2.10. The van der Waals surface area contributed by atoms with Gasteiger partial charge < -0.3 is 4.52 Å². The smallest absolute Gasteiger partial charge is 0.313 e. The Balaban J connectivity index is 2.80. The lowest BCUT2D eigenvalue weighted by atomic mass is 10.2. The SMILES string of the molecule is C#CC1CCSP(=O)(OC)N1C. The van der Waals surface area contributed by atoms with E-state index in [1.165, 1.54) is 18.5 Å². The molecule has 0 aromatic heterocycles. The minimum Gasteiger partial charge on any atom is -0.313 e. The first-order chi connectivity index (χ1) is 5.64. The van der Waals surface area contributed by atoms with Crippen LogP contribution in [0, 0.1) is 12.3 Å². The van der Waals surface area contributed by atoms with Crippen LogP contribution in [0.1, 0.15) is 6.42 Å². The quantitative estimate of drug-likeness (QED) is 0.482. The monoisotopic (exact) mass is 205 g/mol. The number of nitrogens with zero attached hydrogens (tertiary/aromatic N) is 1. The molecule has 3 nitrogen and oxygen atoms in total. The molecule has 0 radical (unpaired) electrons. The first-order valence-corrected chi connectivity index (χ1v) is 6.80. The molecule has 0 aromatic rings. The van der Waals surface area contributed by atoms with Crippen molar-refractivity contribution in [3.05, 3.63) is 0 Å². The van der Waals surface area contributed by atoms with E-state index in [-0.39, 0.29) is 6.04 Å². The van der Waals surface area contributed by atoms with Crippen LogP contribution in [0.25, 0.3) is 0 Å². The van der Waals surface area contributed by atoms with Crippen molar-refractivity contribution in [3.63, 3.8) is 0 Å². The van der Waals surface area contributed by atoms with Crippen LogP contribution in [0.3, 0.4) is 0 Å². The van der Waals surface area contributed by atoms with Crippen molar-refractivity contribution in [1.82, 2.24) is 4.67 Å². The van der Waals surface area contributed by atoms with Crippen LogP contribution in [-0.2, 0) is 9.09 Å². The Morgan fingerprint density at radius 1 is 1.83 bits per heavy atom. The highest BCUT2D eigenvalue weighted by molar-refractivity contribution is 8.55. The van der Waals surface area contributed by atoms with Crippen LogP contribution in [0.15, 0.2) is 0 Å².